The maximum absolute atomic E-state index is 6.95. The van der Waals surface area contributed by atoms with Gasteiger partial charge < -0.3 is 10.2 Å². The van der Waals surface area contributed by atoms with E-state index in [0.717, 1.165) is 26.2 Å². The topological polar surface area (TPSA) is 62.9 Å². The predicted molar refractivity (Wildman–Crippen MR) is 35.3 cm³/mol. The molecule has 51 valence electrons. The van der Waals surface area contributed by atoms with Crippen LogP contribution >= 0.6 is 0 Å². The van der Waals surface area contributed by atoms with Crippen LogP contribution < -0.4 is 11.1 Å². The molecule has 0 saturated carbocycles. The number of nitrogens with zero attached hydrogens (tertiary/aromatic N) is 1. The fourth-order valence-corrected chi connectivity index (χ4v) is 0.888. The van der Waals surface area contributed by atoms with Crippen molar-refractivity contribution in [3.8, 4) is 0 Å². The van der Waals surface area contributed by atoms with Gasteiger partial charge in [0.25, 0.3) is 0 Å². The molecule has 0 atom stereocenters. The van der Waals surface area contributed by atoms with Crippen LogP contribution in [-0.4, -0.2) is 37.0 Å². The van der Waals surface area contributed by atoms with E-state index in [1.807, 2.05) is 0 Å². The molecule has 0 unspecified atom stereocenters. The van der Waals surface area contributed by atoms with Crippen LogP contribution in [0.4, 0.5) is 0 Å². The average molecular weight is 127 g/mol. The Hall–Kier alpha value is -0.770. The molecule has 0 aliphatic carbocycles. The van der Waals surface area contributed by atoms with Gasteiger partial charge in [-0.3, -0.25) is 11.1 Å². The van der Waals surface area contributed by atoms with E-state index in [1.54, 1.807) is 4.90 Å². The van der Waals surface area contributed by atoms with Crippen molar-refractivity contribution in [2.75, 3.05) is 26.2 Å². The van der Waals surface area contributed by atoms with Crippen molar-refractivity contribution in [2.45, 2.75) is 0 Å². The van der Waals surface area contributed by atoms with Crippen LogP contribution in [0.2, 0.25) is 0 Å². The zero-order valence-corrected chi connectivity index (χ0v) is 5.28. The van der Waals surface area contributed by atoms with E-state index in [0.29, 0.717) is 0 Å². The van der Waals surface area contributed by atoms with Crippen molar-refractivity contribution in [3.63, 3.8) is 0 Å². The molecule has 3 N–H and O–H groups in total. The Kier molecular flexibility index (Phi) is 1.89. The predicted octanol–water partition coefficient (Wildman–Crippen LogP) is -0.891. The summed E-state index contributed by atoms with van der Waals surface area (Å²) in [6.45, 7) is 3.42. The quantitative estimate of drug-likeness (QED) is 0.327. The van der Waals surface area contributed by atoms with E-state index in [2.05, 4.69) is 5.32 Å². The number of rotatable bonds is 0. The molecular formula is C5H11N4. The van der Waals surface area contributed by atoms with Crippen molar-refractivity contribution >= 4 is 5.96 Å². The van der Waals surface area contributed by atoms with Crippen LogP contribution in [0.1, 0.15) is 0 Å². The SMILES string of the molecule is [NH]C(=N)N1CCNCC1. The van der Waals surface area contributed by atoms with Gasteiger partial charge in [-0.25, -0.2) is 0 Å². The molecule has 0 aromatic rings. The van der Waals surface area contributed by atoms with Gasteiger partial charge in [0.15, 0.2) is 0 Å². The minimum absolute atomic E-state index is 0.0588. The van der Waals surface area contributed by atoms with Crippen LogP contribution in [0.15, 0.2) is 0 Å². The second kappa shape index (κ2) is 2.68. The van der Waals surface area contributed by atoms with Crippen molar-refractivity contribution in [3.05, 3.63) is 0 Å². The third-order valence-electron chi connectivity index (χ3n) is 1.43. The summed E-state index contributed by atoms with van der Waals surface area (Å²) in [6.07, 6.45) is 0. The van der Waals surface area contributed by atoms with Crippen molar-refractivity contribution in [2.24, 2.45) is 0 Å². The zero-order valence-electron chi connectivity index (χ0n) is 5.28. The lowest BCUT2D eigenvalue weighted by Gasteiger charge is -2.26. The van der Waals surface area contributed by atoms with Gasteiger partial charge in [0.2, 0.25) is 5.96 Å². The molecule has 0 amide bonds. The molecule has 1 aliphatic rings. The average Bonchev–Trinajstić information content (AvgIpc) is 1.90. The highest BCUT2D eigenvalue weighted by Gasteiger charge is 2.09. The third kappa shape index (κ3) is 1.57. The van der Waals surface area contributed by atoms with Crippen molar-refractivity contribution < 1.29 is 0 Å². The van der Waals surface area contributed by atoms with Gasteiger partial charge >= 0.3 is 0 Å². The summed E-state index contributed by atoms with van der Waals surface area (Å²) in [4.78, 5) is 1.75. The molecule has 1 radical (unpaired) electrons. The van der Waals surface area contributed by atoms with Crippen LogP contribution in [0.5, 0.6) is 0 Å². The molecule has 9 heavy (non-hydrogen) atoms. The second-order valence-electron chi connectivity index (χ2n) is 2.09. The number of nitrogens with one attached hydrogen (secondary N) is 3. The molecule has 0 aromatic carbocycles. The summed E-state index contributed by atoms with van der Waals surface area (Å²) in [7, 11) is 0. The summed E-state index contributed by atoms with van der Waals surface area (Å²) >= 11 is 0. The normalized spacial score (nSPS) is 19.8. The highest BCUT2D eigenvalue weighted by Crippen LogP contribution is 1.89. The summed E-state index contributed by atoms with van der Waals surface area (Å²) in [5, 5.41) is 10.1. The Balaban J connectivity index is 2.31. The number of piperazine rings is 1. The summed E-state index contributed by atoms with van der Waals surface area (Å²) < 4.78 is 0. The maximum Gasteiger partial charge on any atom is 0.210 e. The molecule has 1 fully saturated rings. The lowest BCUT2D eigenvalue weighted by Crippen LogP contribution is -2.46. The summed E-state index contributed by atoms with van der Waals surface area (Å²) in [5.74, 6) is -0.0588. The van der Waals surface area contributed by atoms with Gasteiger partial charge in [0.05, 0.1) is 0 Å². The smallest absolute Gasteiger partial charge is 0.210 e. The first-order valence-electron chi connectivity index (χ1n) is 3.06. The molecular weight excluding hydrogens is 116 g/mol. The van der Waals surface area contributed by atoms with Crippen molar-refractivity contribution in [1.82, 2.24) is 16.0 Å². The van der Waals surface area contributed by atoms with Gasteiger partial charge in [-0.2, -0.15) is 0 Å². The van der Waals surface area contributed by atoms with E-state index in [1.165, 1.54) is 0 Å². The lowest BCUT2D eigenvalue weighted by molar-refractivity contribution is 0.351. The Labute approximate surface area is 54.5 Å². The minimum atomic E-state index is -0.0588. The first kappa shape index (κ1) is 6.35. The Morgan fingerprint density at radius 1 is 1.33 bits per heavy atom. The van der Waals surface area contributed by atoms with E-state index < -0.39 is 0 Å². The molecule has 0 bridgehead atoms. The van der Waals surface area contributed by atoms with Gasteiger partial charge in [-0.15, -0.1) is 0 Å². The maximum atomic E-state index is 6.95. The van der Waals surface area contributed by atoms with Crippen molar-refractivity contribution in [1.29, 1.82) is 5.41 Å². The lowest BCUT2D eigenvalue weighted by atomic mass is 10.4. The Morgan fingerprint density at radius 3 is 2.22 bits per heavy atom. The molecule has 4 heteroatoms. The largest absolute Gasteiger partial charge is 0.339 e. The fraction of sp³-hybridized carbons (Fsp3) is 0.800. The number of hydrogen-bond acceptors (Lipinski definition) is 2. The fourth-order valence-electron chi connectivity index (χ4n) is 0.888. The number of hydrogen-bond donors (Lipinski definition) is 2. The number of guanidine groups is 1. The third-order valence-corrected chi connectivity index (χ3v) is 1.43. The first-order valence-corrected chi connectivity index (χ1v) is 3.06. The van der Waals surface area contributed by atoms with Gasteiger partial charge in [-0.1, -0.05) is 0 Å². The van der Waals surface area contributed by atoms with Crippen LogP contribution in [0.25, 0.3) is 0 Å². The molecule has 1 saturated heterocycles. The van der Waals surface area contributed by atoms with Gasteiger partial charge in [-0.05, 0) is 0 Å². The molecule has 1 rings (SSSR count). The molecule has 1 aliphatic heterocycles. The molecule has 0 aromatic heterocycles. The highest BCUT2D eigenvalue weighted by molar-refractivity contribution is 5.73. The van der Waals surface area contributed by atoms with E-state index >= 15 is 0 Å². The van der Waals surface area contributed by atoms with Crippen LogP contribution in [0.3, 0.4) is 0 Å². The van der Waals surface area contributed by atoms with E-state index in [9.17, 15) is 0 Å². The summed E-state index contributed by atoms with van der Waals surface area (Å²) in [5.41, 5.74) is 6.95. The standard InChI is InChI=1S/C5H11N4/c6-5(7)9-3-1-8-2-4-9/h6-8H,1-4H2. The minimum Gasteiger partial charge on any atom is -0.339 e. The first-order chi connectivity index (χ1) is 4.30. The van der Waals surface area contributed by atoms with E-state index in [4.69, 9.17) is 11.1 Å². The monoisotopic (exact) mass is 127 g/mol. The molecule has 1 heterocycles. The second-order valence-corrected chi connectivity index (χ2v) is 2.09. The van der Waals surface area contributed by atoms with Crippen LogP contribution in [-0.2, 0) is 0 Å². The summed E-state index contributed by atoms with van der Waals surface area (Å²) in [6, 6.07) is 0. The molecule has 4 nitrogen and oxygen atoms in total. The van der Waals surface area contributed by atoms with Crippen LogP contribution in [0, 0.1) is 5.41 Å². The Morgan fingerprint density at radius 2 is 1.89 bits per heavy atom. The van der Waals surface area contributed by atoms with E-state index in [-0.39, 0.29) is 5.96 Å². The zero-order chi connectivity index (χ0) is 6.69. The van der Waals surface area contributed by atoms with Gasteiger partial charge in [0.1, 0.15) is 0 Å². The molecule has 0 spiro atoms. The Bertz CT molecular complexity index is 106. The highest BCUT2D eigenvalue weighted by atomic mass is 15.3. The van der Waals surface area contributed by atoms with Gasteiger partial charge in [0, 0.05) is 26.2 Å².